The fraction of sp³-hybridized carbons (Fsp3) is 0.250. The molecule has 0 spiro atoms. The van der Waals surface area contributed by atoms with E-state index in [-0.39, 0.29) is 11.2 Å². The number of amides is 1. The lowest BCUT2D eigenvalue weighted by Crippen LogP contribution is -2.25. The average molecular weight is 213 g/mol. The molecule has 1 saturated heterocycles. The number of carbonyl (C=O) groups excluding carboxylic acids is 1. The van der Waals surface area contributed by atoms with Gasteiger partial charge < -0.3 is 9.73 Å². The molecule has 1 amide bonds. The van der Waals surface area contributed by atoms with Gasteiger partial charge in [-0.05, 0) is 18.1 Å². The molecule has 0 aromatic carbocycles. The Morgan fingerprint density at radius 1 is 1.69 bits per heavy atom. The Kier molecular flexibility index (Phi) is 2.37. The molecular formula is C8H7NO2S2. The predicted molar refractivity (Wildman–Crippen MR) is 54.5 cm³/mol. The summed E-state index contributed by atoms with van der Waals surface area (Å²) >= 11 is 6.28. The van der Waals surface area contributed by atoms with Gasteiger partial charge >= 0.3 is 0 Å². The van der Waals surface area contributed by atoms with Crippen molar-refractivity contribution in [3.63, 3.8) is 0 Å². The summed E-state index contributed by atoms with van der Waals surface area (Å²) in [5.41, 5.74) is 1.03. The van der Waals surface area contributed by atoms with Crippen LogP contribution in [0, 0.1) is 0 Å². The van der Waals surface area contributed by atoms with Crippen LogP contribution in [0.3, 0.4) is 0 Å². The van der Waals surface area contributed by atoms with Crippen molar-refractivity contribution in [3.05, 3.63) is 24.2 Å². The van der Waals surface area contributed by atoms with Crippen molar-refractivity contribution in [1.29, 1.82) is 0 Å². The van der Waals surface area contributed by atoms with Crippen molar-refractivity contribution in [2.45, 2.75) is 11.7 Å². The molecule has 0 radical (unpaired) electrons. The standard InChI is InChI=1S/C8H7NO2S2/c10-7-6(13-8(12)9-7)3-5-1-2-11-4-5/h1-2,4,6H,3H2,(H,9,10,12). The minimum Gasteiger partial charge on any atom is -0.472 e. The third-order valence-electron chi connectivity index (χ3n) is 1.77. The molecule has 0 aliphatic carbocycles. The maximum atomic E-state index is 11.3. The highest BCUT2D eigenvalue weighted by molar-refractivity contribution is 8.24. The Morgan fingerprint density at radius 2 is 2.54 bits per heavy atom. The van der Waals surface area contributed by atoms with E-state index < -0.39 is 0 Å². The van der Waals surface area contributed by atoms with Gasteiger partial charge in [-0.3, -0.25) is 4.79 Å². The van der Waals surface area contributed by atoms with E-state index in [0.29, 0.717) is 10.7 Å². The second kappa shape index (κ2) is 3.51. The third-order valence-corrected chi connectivity index (χ3v) is 3.14. The number of thioether (sulfide) groups is 1. The van der Waals surface area contributed by atoms with Gasteiger partial charge in [0.1, 0.15) is 4.32 Å². The van der Waals surface area contributed by atoms with Crippen LogP contribution in [0.2, 0.25) is 0 Å². The molecule has 1 aliphatic heterocycles. The Hall–Kier alpha value is -0.810. The molecule has 0 saturated carbocycles. The maximum absolute atomic E-state index is 11.3. The lowest BCUT2D eigenvalue weighted by Gasteiger charge is -2.00. The maximum Gasteiger partial charge on any atom is 0.239 e. The Bertz CT molecular complexity index is 334. The molecule has 68 valence electrons. The summed E-state index contributed by atoms with van der Waals surface area (Å²) in [5, 5.41) is 2.51. The van der Waals surface area contributed by atoms with Crippen molar-refractivity contribution in [3.8, 4) is 0 Å². The van der Waals surface area contributed by atoms with Gasteiger partial charge in [-0.1, -0.05) is 24.0 Å². The van der Waals surface area contributed by atoms with Crippen LogP contribution in [0.5, 0.6) is 0 Å². The number of furan rings is 1. The first-order valence-electron chi connectivity index (χ1n) is 3.78. The van der Waals surface area contributed by atoms with Crippen LogP contribution < -0.4 is 5.32 Å². The lowest BCUT2D eigenvalue weighted by molar-refractivity contribution is -0.118. The minimum absolute atomic E-state index is 0.00352. The van der Waals surface area contributed by atoms with Gasteiger partial charge in [0.15, 0.2) is 0 Å². The third kappa shape index (κ3) is 1.92. The van der Waals surface area contributed by atoms with Gasteiger partial charge in [0.2, 0.25) is 5.91 Å². The molecule has 3 nitrogen and oxygen atoms in total. The van der Waals surface area contributed by atoms with Crippen LogP contribution >= 0.6 is 24.0 Å². The summed E-state index contributed by atoms with van der Waals surface area (Å²) in [5.74, 6) is -0.00352. The van der Waals surface area contributed by atoms with Crippen molar-refractivity contribution in [2.24, 2.45) is 0 Å². The number of hydrogen-bond acceptors (Lipinski definition) is 4. The summed E-state index contributed by atoms with van der Waals surface area (Å²) in [6.45, 7) is 0. The van der Waals surface area contributed by atoms with Crippen LogP contribution in [-0.2, 0) is 11.2 Å². The summed E-state index contributed by atoms with van der Waals surface area (Å²) < 4.78 is 5.48. The lowest BCUT2D eigenvalue weighted by atomic mass is 10.2. The van der Waals surface area contributed by atoms with E-state index in [1.807, 2.05) is 6.07 Å². The number of hydrogen-bond donors (Lipinski definition) is 1. The topological polar surface area (TPSA) is 42.2 Å². The van der Waals surface area contributed by atoms with Crippen molar-refractivity contribution < 1.29 is 9.21 Å². The van der Waals surface area contributed by atoms with Crippen LogP contribution in [0.1, 0.15) is 5.56 Å². The molecule has 1 atom stereocenters. The highest BCUT2D eigenvalue weighted by atomic mass is 32.2. The minimum atomic E-state index is -0.0925. The van der Waals surface area contributed by atoms with Crippen molar-refractivity contribution in [1.82, 2.24) is 5.32 Å². The first-order chi connectivity index (χ1) is 6.25. The average Bonchev–Trinajstić information content (AvgIpc) is 2.63. The van der Waals surface area contributed by atoms with Crippen molar-refractivity contribution >= 4 is 34.2 Å². The van der Waals surface area contributed by atoms with E-state index in [1.54, 1.807) is 12.5 Å². The van der Waals surface area contributed by atoms with E-state index in [1.165, 1.54) is 11.8 Å². The fourth-order valence-electron chi connectivity index (χ4n) is 1.15. The number of thiocarbonyl (C=S) groups is 1. The number of nitrogens with one attached hydrogen (secondary N) is 1. The summed E-state index contributed by atoms with van der Waals surface area (Å²) in [6, 6.07) is 1.86. The molecule has 1 aliphatic rings. The van der Waals surface area contributed by atoms with Crippen LogP contribution in [0.4, 0.5) is 0 Å². The largest absolute Gasteiger partial charge is 0.472 e. The predicted octanol–water partition coefficient (Wildman–Crippen LogP) is 1.34. The van der Waals surface area contributed by atoms with Crippen LogP contribution in [0.25, 0.3) is 0 Å². The van der Waals surface area contributed by atoms with E-state index in [0.717, 1.165) is 5.56 Å². The molecule has 1 unspecified atom stereocenters. The smallest absolute Gasteiger partial charge is 0.239 e. The number of carbonyl (C=O) groups is 1. The van der Waals surface area contributed by atoms with E-state index >= 15 is 0 Å². The first kappa shape index (κ1) is 8.77. The fourth-order valence-corrected chi connectivity index (χ4v) is 2.46. The highest BCUT2D eigenvalue weighted by Crippen LogP contribution is 2.23. The normalized spacial score (nSPS) is 22.0. The Morgan fingerprint density at radius 3 is 3.08 bits per heavy atom. The Balaban J connectivity index is 2.03. The molecule has 1 fully saturated rings. The van der Waals surface area contributed by atoms with E-state index in [2.05, 4.69) is 5.32 Å². The molecule has 5 heteroatoms. The van der Waals surface area contributed by atoms with E-state index in [9.17, 15) is 4.79 Å². The van der Waals surface area contributed by atoms with Gasteiger partial charge in [0.25, 0.3) is 0 Å². The van der Waals surface area contributed by atoms with Crippen LogP contribution in [0.15, 0.2) is 23.0 Å². The molecule has 13 heavy (non-hydrogen) atoms. The summed E-state index contributed by atoms with van der Waals surface area (Å²) in [6.07, 6.45) is 3.92. The van der Waals surface area contributed by atoms with Gasteiger partial charge in [-0.25, -0.2) is 0 Å². The molecule has 1 N–H and O–H groups in total. The molecular weight excluding hydrogens is 206 g/mol. The van der Waals surface area contributed by atoms with Gasteiger partial charge in [0.05, 0.1) is 17.8 Å². The second-order valence-corrected chi connectivity index (χ2v) is 4.60. The summed E-state index contributed by atoms with van der Waals surface area (Å²) in [4.78, 5) is 11.3. The molecule has 1 aromatic rings. The van der Waals surface area contributed by atoms with Gasteiger partial charge in [0, 0.05) is 0 Å². The zero-order valence-corrected chi connectivity index (χ0v) is 8.28. The first-order valence-corrected chi connectivity index (χ1v) is 5.07. The van der Waals surface area contributed by atoms with Crippen LogP contribution in [-0.4, -0.2) is 15.5 Å². The molecule has 2 rings (SSSR count). The molecule has 1 aromatic heterocycles. The quantitative estimate of drug-likeness (QED) is 0.753. The second-order valence-electron chi connectivity index (χ2n) is 2.72. The molecule has 2 heterocycles. The molecule has 0 bridgehead atoms. The zero-order valence-electron chi connectivity index (χ0n) is 6.65. The summed E-state index contributed by atoms with van der Waals surface area (Å²) in [7, 11) is 0. The SMILES string of the molecule is O=C1NC(=S)SC1Cc1ccoc1. The van der Waals surface area contributed by atoms with Gasteiger partial charge in [-0.2, -0.15) is 0 Å². The monoisotopic (exact) mass is 213 g/mol. The van der Waals surface area contributed by atoms with Gasteiger partial charge in [-0.15, -0.1) is 0 Å². The number of rotatable bonds is 2. The van der Waals surface area contributed by atoms with E-state index in [4.69, 9.17) is 16.6 Å². The van der Waals surface area contributed by atoms with Crippen molar-refractivity contribution in [2.75, 3.05) is 0 Å². The highest BCUT2D eigenvalue weighted by Gasteiger charge is 2.29. The zero-order chi connectivity index (χ0) is 9.26. The Labute approximate surface area is 84.9 Å².